The minimum atomic E-state index is -0.733. The highest BCUT2D eigenvalue weighted by Gasteiger charge is 2.21. The number of carboxylic acids is 1. The first-order chi connectivity index (χ1) is 9.58. The van der Waals surface area contributed by atoms with Crippen molar-refractivity contribution in [3.05, 3.63) is 0 Å². The molecule has 20 heavy (non-hydrogen) atoms. The molecule has 0 heterocycles. The second kappa shape index (κ2) is 9.61. The summed E-state index contributed by atoms with van der Waals surface area (Å²) in [5, 5.41) is 14.3. The van der Waals surface area contributed by atoms with Gasteiger partial charge in [-0.1, -0.05) is 26.2 Å². The Hall–Kier alpha value is -1.26. The number of carbonyl (C=O) groups excluding carboxylic acids is 1. The summed E-state index contributed by atoms with van der Waals surface area (Å²) in [5.74, 6) is 0.714. The third kappa shape index (κ3) is 8.02. The van der Waals surface area contributed by atoms with Gasteiger partial charge in [-0.05, 0) is 37.5 Å². The van der Waals surface area contributed by atoms with E-state index in [1.54, 1.807) is 0 Å². The zero-order chi connectivity index (χ0) is 14.8. The fourth-order valence-corrected chi connectivity index (χ4v) is 2.77. The molecule has 116 valence electrons. The Balaban J connectivity index is 1.89. The maximum Gasteiger partial charge on any atom is 0.314 e. The topological polar surface area (TPSA) is 78.4 Å². The fourth-order valence-electron chi connectivity index (χ4n) is 2.77. The molecule has 3 N–H and O–H groups in total. The lowest BCUT2D eigenvalue weighted by Crippen LogP contribution is -2.38. The van der Waals surface area contributed by atoms with Crippen LogP contribution < -0.4 is 10.6 Å². The van der Waals surface area contributed by atoms with Gasteiger partial charge in [0.15, 0.2) is 0 Å². The molecule has 0 aromatic rings. The molecule has 0 bridgehead atoms. The quantitative estimate of drug-likeness (QED) is 0.570. The van der Waals surface area contributed by atoms with Gasteiger partial charge in [-0.2, -0.15) is 0 Å². The van der Waals surface area contributed by atoms with E-state index >= 15 is 0 Å². The Labute approximate surface area is 121 Å². The van der Waals surface area contributed by atoms with Crippen LogP contribution in [-0.2, 0) is 4.79 Å². The summed E-state index contributed by atoms with van der Waals surface area (Å²) in [4.78, 5) is 21.9. The molecule has 0 saturated heterocycles. The number of nitrogens with one attached hydrogen (secondary N) is 2. The van der Waals surface area contributed by atoms with Crippen molar-refractivity contribution in [3.8, 4) is 0 Å². The number of hydrogen-bond donors (Lipinski definition) is 3. The summed E-state index contributed by atoms with van der Waals surface area (Å²) in [6.45, 7) is 3.72. The number of hydrogen-bond acceptors (Lipinski definition) is 2. The van der Waals surface area contributed by atoms with Crippen molar-refractivity contribution in [2.45, 2.75) is 58.3 Å². The Bertz CT molecular complexity index is 307. The largest absolute Gasteiger partial charge is 0.481 e. The van der Waals surface area contributed by atoms with Crippen LogP contribution in [0.1, 0.15) is 58.3 Å². The molecule has 2 unspecified atom stereocenters. The van der Waals surface area contributed by atoms with Crippen LogP contribution >= 0.6 is 0 Å². The maximum atomic E-state index is 11.6. The van der Waals surface area contributed by atoms with Gasteiger partial charge in [0, 0.05) is 19.5 Å². The summed E-state index contributed by atoms with van der Waals surface area (Å²) in [6.07, 6.45) is 7.49. The van der Waals surface area contributed by atoms with Gasteiger partial charge in [0.25, 0.3) is 0 Å². The van der Waals surface area contributed by atoms with Crippen LogP contribution in [0.25, 0.3) is 0 Å². The van der Waals surface area contributed by atoms with E-state index in [4.69, 9.17) is 5.11 Å². The van der Waals surface area contributed by atoms with E-state index < -0.39 is 5.97 Å². The van der Waals surface area contributed by atoms with E-state index in [1.807, 2.05) is 0 Å². The molecule has 1 saturated carbocycles. The van der Waals surface area contributed by atoms with Crippen LogP contribution in [0, 0.1) is 11.8 Å². The molecule has 1 aliphatic rings. The van der Waals surface area contributed by atoms with Gasteiger partial charge in [-0.15, -0.1) is 0 Å². The number of carbonyl (C=O) groups is 2. The summed E-state index contributed by atoms with van der Waals surface area (Å²) >= 11 is 0. The third-order valence-electron chi connectivity index (χ3n) is 3.96. The Morgan fingerprint density at radius 3 is 2.50 bits per heavy atom. The van der Waals surface area contributed by atoms with Crippen molar-refractivity contribution in [1.29, 1.82) is 0 Å². The lowest BCUT2D eigenvalue weighted by atomic mass is 10.1. The highest BCUT2D eigenvalue weighted by atomic mass is 16.4. The van der Waals surface area contributed by atoms with E-state index in [9.17, 15) is 9.59 Å². The van der Waals surface area contributed by atoms with Gasteiger partial charge in [0.2, 0.25) is 0 Å². The molecular formula is C15H28N2O3. The average Bonchev–Trinajstić information content (AvgIpc) is 2.81. The van der Waals surface area contributed by atoms with Crippen LogP contribution in [0.2, 0.25) is 0 Å². The molecule has 0 radical (unpaired) electrons. The molecule has 0 aliphatic heterocycles. The van der Waals surface area contributed by atoms with Crippen LogP contribution in [0.4, 0.5) is 4.79 Å². The standard InChI is InChI=1S/C15H28N2O3/c1-12-7-8-13(10-12)11-17-15(20)16-9-5-3-2-4-6-14(18)19/h12-13H,2-11H2,1H3,(H,18,19)(H2,16,17,20). The fraction of sp³-hybridized carbons (Fsp3) is 0.867. The lowest BCUT2D eigenvalue weighted by Gasteiger charge is -2.12. The first-order valence-corrected chi connectivity index (χ1v) is 7.81. The van der Waals surface area contributed by atoms with E-state index in [-0.39, 0.29) is 12.5 Å². The van der Waals surface area contributed by atoms with Crippen molar-refractivity contribution in [2.24, 2.45) is 11.8 Å². The Morgan fingerprint density at radius 1 is 1.10 bits per heavy atom. The molecule has 0 aromatic carbocycles. The Kier molecular flexibility index (Phi) is 8.07. The first-order valence-electron chi connectivity index (χ1n) is 7.81. The van der Waals surface area contributed by atoms with Crippen molar-refractivity contribution >= 4 is 12.0 Å². The molecular weight excluding hydrogens is 256 g/mol. The molecule has 5 heteroatoms. The van der Waals surface area contributed by atoms with Crippen LogP contribution in [-0.4, -0.2) is 30.2 Å². The minimum absolute atomic E-state index is 0.0740. The maximum absolute atomic E-state index is 11.6. The van der Waals surface area contributed by atoms with Gasteiger partial charge in [-0.3, -0.25) is 4.79 Å². The number of urea groups is 1. The number of unbranched alkanes of at least 4 members (excludes halogenated alkanes) is 3. The van der Waals surface area contributed by atoms with Crippen molar-refractivity contribution in [2.75, 3.05) is 13.1 Å². The summed E-state index contributed by atoms with van der Waals surface area (Å²) in [7, 11) is 0. The smallest absolute Gasteiger partial charge is 0.314 e. The van der Waals surface area contributed by atoms with E-state index in [0.717, 1.165) is 38.1 Å². The molecule has 0 spiro atoms. The molecule has 0 aromatic heterocycles. The van der Waals surface area contributed by atoms with E-state index in [2.05, 4.69) is 17.6 Å². The second-order valence-electron chi connectivity index (χ2n) is 5.98. The molecule has 1 aliphatic carbocycles. The summed E-state index contributed by atoms with van der Waals surface area (Å²) in [5.41, 5.74) is 0. The highest BCUT2D eigenvalue weighted by Crippen LogP contribution is 2.29. The molecule has 2 atom stereocenters. The highest BCUT2D eigenvalue weighted by molar-refractivity contribution is 5.73. The monoisotopic (exact) mass is 284 g/mol. The van der Waals surface area contributed by atoms with Gasteiger partial charge in [0.1, 0.15) is 0 Å². The predicted octanol–water partition coefficient (Wildman–Crippen LogP) is 2.76. The van der Waals surface area contributed by atoms with Gasteiger partial charge in [-0.25, -0.2) is 4.79 Å². The molecule has 1 rings (SSSR count). The first kappa shape index (κ1) is 16.8. The van der Waals surface area contributed by atoms with Crippen molar-refractivity contribution < 1.29 is 14.7 Å². The van der Waals surface area contributed by atoms with Crippen LogP contribution in [0.15, 0.2) is 0 Å². The lowest BCUT2D eigenvalue weighted by molar-refractivity contribution is -0.137. The second-order valence-corrected chi connectivity index (χ2v) is 5.98. The normalized spacial score (nSPS) is 21.6. The van der Waals surface area contributed by atoms with Gasteiger partial charge < -0.3 is 15.7 Å². The summed E-state index contributed by atoms with van der Waals surface area (Å²) < 4.78 is 0. The zero-order valence-corrected chi connectivity index (χ0v) is 12.5. The predicted molar refractivity (Wildman–Crippen MR) is 78.6 cm³/mol. The molecule has 2 amide bonds. The van der Waals surface area contributed by atoms with Crippen molar-refractivity contribution in [1.82, 2.24) is 10.6 Å². The van der Waals surface area contributed by atoms with E-state index in [0.29, 0.717) is 12.5 Å². The number of carboxylic acid groups (broad SMARTS) is 1. The third-order valence-corrected chi connectivity index (χ3v) is 3.96. The van der Waals surface area contributed by atoms with E-state index in [1.165, 1.54) is 19.3 Å². The minimum Gasteiger partial charge on any atom is -0.481 e. The van der Waals surface area contributed by atoms with Crippen LogP contribution in [0.5, 0.6) is 0 Å². The summed E-state index contributed by atoms with van der Waals surface area (Å²) in [6, 6.07) is -0.0740. The molecule has 5 nitrogen and oxygen atoms in total. The Morgan fingerprint density at radius 2 is 1.85 bits per heavy atom. The molecule has 1 fully saturated rings. The van der Waals surface area contributed by atoms with Crippen LogP contribution in [0.3, 0.4) is 0 Å². The number of rotatable bonds is 9. The van der Waals surface area contributed by atoms with Gasteiger partial charge >= 0.3 is 12.0 Å². The van der Waals surface area contributed by atoms with Crippen molar-refractivity contribution in [3.63, 3.8) is 0 Å². The number of amides is 2. The zero-order valence-electron chi connectivity index (χ0n) is 12.5. The number of aliphatic carboxylic acids is 1. The van der Waals surface area contributed by atoms with Gasteiger partial charge in [0.05, 0.1) is 0 Å². The average molecular weight is 284 g/mol. The SMILES string of the molecule is CC1CCC(CNC(=O)NCCCCCCC(=O)O)C1.